The van der Waals surface area contributed by atoms with E-state index in [4.69, 9.17) is 10.5 Å². The molecule has 0 fully saturated rings. The summed E-state index contributed by atoms with van der Waals surface area (Å²) in [6.45, 7) is 7.74. The second kappa shape index (κ2) is 8.22. The molecule has 3 heterocycles. The van der Waals surface area contributed by atoms with Gasteiger partial charge >= 0.3 is 6.01 Å². The molecule has 0 saturated carbocycles. The second-order valence-corrected chi connectivity index (χ2v) is 6.20. The summed E-state index contributed by atoms with van der Waals surface area (Å²) in [5.41, 5.74) is 9.86. The molecule has 4 aromatic rings. The van der Waals surface area contributed by atoms with Gasteiger partial charge in [-0.15, -0.1) is 0 Å². The topological polar surface area (TPSA) is 91.7 Å². The number of hydrogen-bond donors (Lipinski definition) is 1. The zero-order valence-corrected chi connectivity index (χ0v) is 17.1. The van der Waals surface area contributed by atoms with Crippen molar-refractivity contribution in [3.63, 3.8) is 0 Å². The van der Waals surface area contributed by atoms with Crippen LogP contribution in [-0.2, 0) is 7.05 Å². The first-order valence-corrected chi connectivity index (χ1v) is 9.28. The average Bonchev–Trinajstić information content (AvgIpc) is 2.97. The van der Waals surface area contributed by atoms with Gasteiger partial charge in [0.05, 0.1) is 5.39 Å². The number of nitrogens with two attached hydrogens (primary N) is 1. The van der Waals surface area contributed by atoms with Crippen molar-refractivity contribution < 1.29 is 9.13 Å². The number of nitrogens with zero attached hydrogens (tertiary/aromatic N) is 5. The van der Waals surface area contributed by atoms with Crippen molar-refractivity contribution in [1.82, 2.24) is 24.5 Å². The highest BCUT2D eigenvalue weighted by atomic mass is 19.1. The van der Waals surface area contributed by atoms with Crippen LogP contribution in [-0.4, -0.2) is 24.5 Å². The van der Waals surface area contributed by atoms with E-state index in [0.29, 0.717) is 22.4 Å². The molecule has 0 unspecified atom stereocenters. The van der Waals surface area contributed by atoms with Gasteiger partial charge in [-0.2, -0.15) is 0 Å². The van der Waals surface area contributed by atoms with E-state index in [1.54, 1.807) is 24.4 Å². The summed E-state index contributed by atoms with van der Waals surface area (Å²) in [5, 5.41) is 0.701. The van der Waals surface area contributed by atoms with Crippen molar-refractivity contribution in [3.8, 4) is 22.9 Å². The molecule has 0 saturated heterocycles. The van der Waals surface area contributed by atoms with Crippen LogP contribution in [0.3, 0.4) is 0 Å². The number of hydrogen-bond acceptors (Lipinski definition) is 6. The van der Waals surface area contributed by atoms with E-state index in [1.807, 2.05) is 39.3 Å². The van der Waals surface area contributed by atoms with Crippen LogP contribution in [0, 0.1) is 19.7 Å². The highest BCUT2D eigenvalue weighted by Crippen LogP contribution is 2.37. The molecule has 1 aromatic carbocycles. The fourth-order valence-corrected chi connectivity index (χ4v) is 3.06. The molecule has 0 bridgehead atoms. The number of halogens is 1. The van der Waals surface area contributed by atoms with Gasteiger partial charge in [0.15, 0.2) is 11.6 Å². The zero-order valence-electron chi connectivity index (χ0n) is 17.1. The minimum Gasteiger partial charge on any atom is -0.421 e. The molecule has 150 valence electrons. The zero-order chi connectivity index (χ0) is 21.1. The maximum atomic E-state index is 14.7. The van der Waals surface area contributed by atoms with Gasteiger partial charge in [0.2, 0.25) is 0 Å². The maximum Gasteiger partial charge on any atom is 0.322 e. The van der Waals surface area contributed by atoms with Crippen LogP contribution < -0.4 is 10.5 Å². The van der Waals surface area contributed by atoms with Crippen LogP contribution in [0.2, 0.25) is 0 Å². The number of ether oxygens (including phenoxy) is 1. The molecular weight excluding hydrogens is 371 g/mol. The van der Waals surface area contributed by atoms with Crippen LogP contribution in [0.5, 0.6) is 11.8 Å². The fraction of sp³-hybridized carbons (Fsp3) is 0.238. The third-order valence-electron chi connectivity index (χ3n) is 4.48. The molecule has 3 aromatic heterocycles. The number of rotatable bonds is 3. The molecule has 29 heavy (non-hydrogen) atoms. The monoisotopic (exact) mass is 394 g/mol. The molecule has 0 radical (unpaired) electrons. The summed E-state index contributed by atoms with van der Waals surface area (Å²) in [6, 6.07) is 6.55. The Morgan fingerprint density at radius 3 is 2.52 bits per heavy atom. The van der Waals surface area contributed by atoms with E-state index in [0.717, 1.165) is 17.0 Å². The molecule has 4 rings (SSSR count). The van der Waals surface area contributed by atoms with Crippen molar-refractivity contribution in [2.45, 2.75) is 27.7 Å². The Morgan fingerprint density at radius 1 is 1.07 bits per heavy atom. The van der Waals surface area contributed by atoms with Gasteiger partial charge in [-0.05, 0) is 37.6 Å². The molecule has 0 aliphatic rings. The molecule has 8 heteroatoms. The summed E-state index contributed by atoms with van der Waals surface area (Å²) >= 11 is 0. The SMILES string of the molecule is CC.Cc1ccnc(Oc2ccc(-c3c(C)n(C)c4ncnc(N)c34)cc2F)n1. The third-order valence-corrected chi connectivity index (χ3v) is 4.48. The summed E-state index contributed by atoms with van der Waals surface area (Å²) in [5.74, 6) is -0.122. The number of nitrogen functional groups attached to an aromatic ring is 1. The Bertz CT molecular complexity index is 1170. The van der Waals surface area contributed by atoms with E-state index < -0.39 is 5.82 Å². The lowest BCUT2D eigenvalue weighted by atomic mass is 10.0. The van der Waals surface area contributed by atoms with Crippen molar-refractivity contribution in [1.29, 1.82) is 0 Å². The number of benzene rings is 1. The summed E-state index contributed by atoms with van der Waals surface area (Å²) in [7, 11) is 1.89. The smallest absolute Gasteiger partial charge is 0.322 e. The van der Waals surface area contributed by atoms with E-state index in [-0.39, 0.29) is 11.8 Å². The van der Waals surface area contributed by atoms with E-state index in [1.165, 1.54) is 12.4 Å². The minimum absolute atomic E-state index is 0.0476. The lowest BCUT2D eigenvalue weighted by Gasteiger charge is -2.08. The van der Waals surface area contributed by atoms with Crippen LogP contribution in [0.4, 0.5) is 10.2 Å². The molecule has 0 atom stereocenters. The quantitative estimate of drug-likeness (QED) is 0.547. The summed E-state index contributed by atoms with van der Waals surface area (Å²) in [4.78, 5) is 16.5. The van der Waals surface area contributed by atoms with Gasteiger partial charge in [0.25, 0.3) is 0 Å². The molecule has 7 nitrogen and oxygen atoms in total. The Labute approximate surface area is 168 Å². The highest BCUT2D eigenvalue weighted by molar-refractivity contribution is 6.02. The van der Waals surface area contributed by atoms with Crippen molar-refractivity contribution in [2.24, 2.45) is 7.05 Å². The summed E-state index contributed by atoms with van der Waals surface area (Å²) in [6.07, 6.45) is 2.98. The normalized spacial score (nSPS) is 10.6. The Kier molecular flexibility index (Phi) is 5.72. The lowest BCUT2D eigenvalue weighted by Crippen LogP contribution is -1.96. The van der Waals surface area contributed by atoms with Gasteiger partial charge < -0.3 is 15.0 Å². The van der Waals surface area contributed by atoms with E-state index >= 15 is 0 Å². The molecule has 0 aliphatic carbocycles. The van der Waals surface area contributed by atoms with Gasteiger partial charge in [0, 0.05) is 30.2 Å². The fourth-order valence-electron chi connectivity index (χ4n) is 3.06. The van der Waals surface area contributed by atoms with Crippen LogP contribution >= 0.6 is 0 Å². The van der Waals surface area contributed by atoms with Crippen LogP contribution in [0.15, 0.2) is 36.8 Å². The van der Waals surface area contributed by atoms with Gasteiger partial charge in [-0.3, -0.25) is 0 Å². The summed E-state index contributed by atoms with van der Waals surface area (Å²) < 4.78 is 22.1. The van der Waals surface area contributed by atoms with Crippen LogP contribution in [0.1, 0.15) is 25.2 Å². The average molecular weight is 394 g/mol. The standard InChI is InChI=1S/C19H17FN6O.C2H6/c1-10-6-7-22-19(25-10)27-14-5-4-12(8-13(14)20)15-11(2)26(3)18-16(15)17(21)23-9-24-18;1-2/h4-9H,1-3H3,(H2,21,23,24);1-2H3. The van der Waals surface area contributed by atoms with Crippen molar-refractivity contribution in [3.05, 3.63) is 54.0 Å². The lowest BCUT2D eigenvalue weighted by molar-refractivity contribution is 0.410. The number of aryl methyl sites for hydroxylation is 2. The number of aromatic nitrogens is 5. The first-order chi connectivity index (χ1) is 14.0. The second-order valence-electron chi connectivity index (χ2n) is 6.20. The van der Waals surface area contributed by atoms with Gasteiger partial charge in [-0.1, -0.05) is 19.9 Å². The molecule has 0 amide bonds. The Hall–Kier alpha value is -3.55. The van der Waals surface area contributed by atoms with Gasteiger partial charge in [-0.25, -0.2) is 24.3 Å². The largest absolute Gasteiger partial charge is 0.421 e. The molecule has 0 aliphatic heterocycles. The van der Waals surface area contributed by atoms with Crippen molar-refractivity contribution >= 4 is 16.9 Å². The number of fused-ring (bicyclic) bond motifs is 1. The first-order valence-electron chi connectivity index (χ1n) is 9.28. The van der Waals surface area contributed by atoms with Crippen LogP contribution in [0.25, 0.3) is 22.2 Å². The molecule has 0 spiro atoms. The first kappa shape index (κ1) is 20.2. The predicted octanol–water partition coefficient (Wildman–Crippen LogP) is 4.58. The van der Waals surface area contributed by atoms with Gasteiger partial charge in [0.1, 0.15) is 17.8 Å². The van der Waals surface area contributed by atoms with E-state index in [9.17, 15) is 4.39 Å². The highest BCUT2D eigenvalue weighted by Gasteiger charge is 2.19. The number of anilines is 1. The predicted molar refractivity (Wildman–Crippen MR) is 111 cm³/mol. The maximum absolute atomic E-state index is 14.7. The minimum atomic E-state index is -0.524. The molecular formula is C21H23FN6O. The third kappa shape index (κ3) is 3.73. The molecule has 2 N–H and O–H groups in total. The Morgan fingerprint density at radius 2 is 1.83 bits per heavy atom. The van der Waals surface area contributed by atoms with Crippen molar-refractivity contribution in [2.75, 3.05) is 5.73 Å². The van der Waals surface area contributed by atoms with E-state index in [2.05, 4.69) is 19.9 Å². The Balaban J connectivity index is 0.00000117.